The molecule has 21 heavy (non-hydrogen) atoms. The number of hydrogen-bond acceptors (Lipinski definition) is 2. The maximum Gasteiger partial charge on any atom is 0.337 e. The molecule has 1 aromatic heterocycles. The molecule has 3 rings (SSSR count). The van der Waals surface area contributed by atoms with Crippen molar-refractivity contribution in [3.05, 3.63) is 29.6 Å². The highest BCUT2D eigenvalue weighted by atomic mass is 16.4. The van der Waals surface area contributed by atoms with E-state index in [0.29, 0.717) is 11.0 Å². The summed E-state index contributed by atoms with van der Waals surface area (Å²) in [4.78, 5) is 16.2. The highest BCUT2D eigenvalue weighted by Gasteiger charge is 2.42. The van der Waals surface area contributed by atoms with Gasteiger partial charge in [-0.15, -0.1) is 0 Å². The van der Waals surface area contributed by atoms with E-state index >= 15 is 0 Å². The van der Waals surface area contributed by atoms with Gasteiger partial charge in [0.2, 0.25) is 0 Å². The number of rotatable bonds is 6. The van der Waals surface area contributed by atoms with Gasteiger partial charge in [0.1, 0.15) is 5.82 Å². The zero-order valence-corrected chi connectivity index (χ0v) is 12.7. The Labute approximate surface area is 124 Å². The third kappa shape index (κ3) is 2.43. The van der Waals surface area contributed by atoms with Crippen molar-refractivity contribution in [1.82, 2.24) is 9.55 Å². The smallest absolute Gasteiger partial charge is 0.337 e. The standard InChI is InChI=1S/C17H22N2O2/c1-3-8-17(9-10-17)11-19-14(4-2)18-13-7-5-6-12(15(13)19)16(20)21/h5-7H,3-4,8-11H2,1-2H3,(H,20,21). The highest BCUT2D eigenvalue weighted by Crippen LogP contribution is 2.51. The Morgan fingerprint density at radius 2 is 2.14 bits per heavy atom. The van der Waals surface area contributed by atoms with E-state index in [1.165, 1.54) is 25.7 Å². The van der Waals surface area contributed by atoms with Gasteiger partial charge in [0.05, 0.1) is 16.6 Å². The summed E-state index contributed by atoms with van der Waals surface area (Å²) >= 11 is 0. The lowest BCUT2D eigenvalue weighted by Crippen LogP contribution is -2.15. The molecule has 4 heteroatoms. The number of imidazole rings is 1. The lowest BCUT2D eigenvalue weighted by atomic mass is 10.0. The Kier molecular flexibility index (Phi) is 3.47. The zero-order chi connectivity index (χ0) is 15.0. The van der Waals surface area contributed by atoms with Gasteiger partial charge in [0, 0.05) is 13.0 Å². The summed E-state index contributed by atoms with van der Waals surface area (Å²) in [5.41, 5.74) is 2.34. The lowest BCUT2D eigenvalue weighted by molar-refractivity contribution is 0.0698. The fourth-order valence-electron chi connectivity index (χ4n) is 3.38. The number of aromatic carboxylic acids is 1. The summed E-state index contributed by atoms with van der Waals surface area (Å²) in [6.07, 6.45) is 5.72. The molecule has 1 fully saturated rings. The summed E-state index contributed by atoms with van der Waals surface area (Å²) in [5, 5.41) is 9.47. The number of benzene rings is 1. The van der Waals surface area contributed by atoms with Crippen LogP contribution in [0.2, 0.25) is 0 Å². The third-order valence-corrected chi connectivity index (χ3v) is 4.62. The fraction of sp³-hybridized carbons (Fsp3) is 0.529. The zero-order valence-electron chi connectivity index (χ0n) is 12.7. The van der Waals surface area contributed by atoms with E-state index in [9.17, 15) is 9.90 Å². The number of carbonyl (C=O) groups is 1. The first-order valence-electron chi connectivity index (χ1n) is 7.81. The molecular formula is C17H22N2O2. The molecule has 1 saturated carbocycles. The van der Waals surface area contributed by atoms with E-state index in [-0.39, 0.29) is 0 Å². The molecule has 1 heterocycles. The van der Waals surface area contributed by atoms with Crippen LogP contribution in [0.4, 0.5) is 0 Å². The number of aromatic nitrogens is 2. The van der Waals surface area contributed by atoms with Gasteiger partial charge in [-0.1, -0.05) is 26.3 Å². The normalized spacial score (nSPS) is 16.3. The Morgan fingerprint density at radius 1 is 1.38 bits per heavy atom. The SMILES string of the molecule is CCCC1(Cn2c(CC)nc3cccc(C(=O)O)c32)CC1. The molecule has 1 aliphatic carbocycles. The molecule has 0 amide bonds. The molecule has 4 nitrogen and oxygen atoms in total. The molecule has 0 radical (unpaired) electrons. The fourth-order valence-corrected chi connectivity index (χ4v) is 3.38. The number of hydrogen-bond donors (Lipinski definition) is 1. The Morgan fingerprint density at radius 3 is 2.71 bits per heavy atom. The minimum absolute atomic E-state index is 0.368. The maximum absolute atomic E-state index is 11.5. The van der Waals surface area contributed by atoms with Crippen molar-refractivity contribution in [2.45, 2.75) is 52.5 Å². The summed E-state index contributed by atoms with van der Waals surface area (Å²) in [5.74, 6) is 0.130. The van der Waals surface area contributed by atoms with Crippen LogP contribution in [0, 0.1) is 5.41 Å². The van der Waals surface area contributed by atoms with Gasteiger partial charge in [-0.2, -0.15) is 0 Å². The first-order chi connectivity index (χ1) is 10.1. The van der Waals surface area contributed by atoms with Crippen LogP contribution in [-0.2, 0) is 13.0 Å². The average molecular weight is 286 g/mol. The summed E-state index contributed by atoms with van der Waals surface area (Å²) < 4.78 is 2.17. The molecule has 1 N–H and O–H groups in total. The minimum Gasteiger partial charge on any atom is -0.478 e. The van der Waals surface area contributed by atoms with Gasteiger partial charge in [-0.3, -0.25) is 0 Å². The first-order valence-corrected chi connectivity index (χ1v) is 7.81. The summed E-state index contributed by atoms with van der Waals surface area (Å²) in [6.45, 7) is 5.21. The Balaban J connectivity index is 2.13. The van der Waals surface area contributed by atoms with Gasteiger partial charge < -0.3 is 9.67 Å². The molecular weight excluding hydrogens is 264 g/mol. The van der Waals surface area contributed by atoms with Crippen LogP contribution < -0.4 is 0 Å². The van der Waals surface area contributed by atoms with Gasteiger partial charge in [0.15, 0.2) is 0 Å². The van der Waals surface area contributed by atoms with E-state index in [1.807, 2.05) is 6.07 Å². The van der Waals surface area contributed by atoms with Gasteiger partial charge in [0.25, 0.3) is 0 Å². The van der Waals surface area contributed by atoms with E-state index in [0.717, 1.165) is 29.8 Å². The Hall–Kier alpha value is -1.84. The molecule has 0 spiro atoms. The molecule has 1 aliphatic rings. The highest BCUT2D eigenvalue weighted by molar-refractivity contribution is 6.01. The largest absolute Gasteiger partial charge is 0.478 e. The molecule has 2 aromatic rings. The first kappa shape index (κ1) is 14.1. The number of carboxylic acid groups (broad SMARTS) is 1. The van der Waals surface area contributed by atoms with E-state index < -0.39 is 5.97 Å². The van der Waals surface area contributed by atoms with Crippen molar-refractivity contribution in [2.24, 2.45) is 5.41 Å². The van der Waals surface area contributed by atoms with Crippen LogP contribution in [0.25, 0.3) is 11.0 Å². The number of aryl methyl sites for hydroxylation is 1. The van der Waals surface area contributed by atoms with Crippen LogP contribution in [0.1, 0.15) is 55.7 Å². The van der Waals surface area contributed by atoms with Crippen LogP contribution in [0.15, 0.2) is 18.2 Å². The van der Waals surface area contributed by atoms with E-state index in [4.69, 9.17) is 0 Å². The minimum atomic E-state index is -0.871. The second-order valence-electron chi connectivity index (χ2n) is 6.20. The van der Waals surface area contributed by atoms with Crippen LogP contribution >= 0.6 is 0 Å². The molecule has 0 aliphatic heterocycles. The van der Waals surface area contributed by atoms with E-state index in [1.54, 1.807) is 12.1 Å². The average Bonchev–Trinajstić information content (AvgIpc) is 3.12. The van der Waals surface area contributed by atoms with Gasteiger partial charge in [-0.05, 0) is 36.8 Å². The van der Waals surface area contributed by atoms with E-state index in [2.05, 4.69) is 23.4 Å². The molecule has 0 atom stereocenters. The second kappa shape index (κ2) is 5.17. The number of carboxylic acids is 1. The van der Waals surface area contributed by atoms with Crippen molar-refractivity contribution in [3.8, 4) is 0 Å². The predicted molar refractivity (Wildman–Crippen MR) is 82.6 cm³/mol. The number of fused-ring (bicyclic) bond motifs is 1. The third-order valence-electron chi connectivity index (χ3n) is 4.62. The quantitative estimate of drug-likeness (QED) is 0.876. The molecule has 0 bridgehead atoms. The van der Waals surface area contributed by atoms with Crippen molar-refractivity contribution in [1.29, 1.82) is 0 Å². The van der Waals surface area contributed by atoms with Gasteiger partial charge >= 0.3 is 5.97 Å². The number of para-hydroxylation sites is 1. The second-order valence-corrected chi connectivity index (χ2v) is 6.20. The van der Waals surface area contributed by atoms with Crippen LogP contribution in [0.5, 0.6) is 0 Å². The van der Waals surface area contributed by atoms with Crippen molar-refractivity contribution < 1.29 is 9.90 Å². The van der Waals surface area contributed by atoms with Gasteiger partial charge in [-0.25, -0.2) is 9.78 Å². The Bertz CT molecular complexity index is 683. The monoisotopic (exact) mass is 286 g/mol. The van der Waals surface area contributed by atoms with Crippen LogP contribution in [-0.4, -0.2) is 20.6 Å². The lowest BCUT2D eigenvalue weighted by Gasteiger charge is -2.18. The molecule has 0 unspecified atom stereocenters. The maximum atomic E-state index is 11.5. The molecule has 0 saturated heterocycles. The van der Waals surface area contributed by atoms with Crippen molar-refractivity contribution in [3.63, 3.8) is 0 Å². The molecule has 112 valence electrons. The van der Waals surface area contributed by atoms with Crippen molar-refractivity contribution in [2.75, 3.05) is 0 Å². The topological polar surface area (TPSA) is 55.1 Å². The summed E-state index contributed by atoms with van der Waals surface area (Å²) in [6, 6.07) is 5.38. The van der Waals surface area contributed by atoms with Crippen LogP contribution in [0.3, 0.4) is 0 Å². The molecule has 1 aromatic carbocycles. The van der Waals surface area contributed by atoms with Crippen molar-refractivity contribution >= 4 is 17.0 Å². The number of nitrogens with zero attached hydrogens (tertiary/aromatic N) is 2. The summed E-state index contributed by atoms with van der Waals surface area (Å²) in [7, 11) is 0. The predicted octanol–water partition coefficient (Wildman–Crippen LogP) is 3.88.